The molecule has 0 rings (SSSR count). The van der Waals surface area contributed by atoms with E-state index in [-0.39, 0.29) is 0 Å². The normalized spacial score (nSPS) is 15.5. The maximum atomic E-state index is 3.42. The average molecular weight is 410 g/mol. The fourth-order valence-corrected chi connectivity index (χ4v) is 2.17. The number of allylic oxidation sites excluding steroid dienone is 5. The lowest BCUT2D eigenvalue weighted by molar-refractivity contribution is 1.69. The van der Waals surface area contributed by atoms with Crippen molar-refractivity contribution in [3.8, 4) is 0 Å². The molecule has 4 heteroatoms. The Bertz CT molecular complexity index is 212. The third-order valence-electron chi connectivity index (χ3n) is 0.882. The van der Waals surface area contributed by atoms with Crippen LogP contribution in [0.15, 0.2) is 30.6 Å². The summed E-state index contributed by atoms with van der Waals surface area (Å²) in [6, 6.07) is 0. The molecule has 0 aromatic rings. The zero-order chi connectivity index (χ0) is 8.85. The minimum Gasteiger partial charge on any atom is -0.0722 e. The van der Waals surface area contributed by atoms with Gasteiger partial charge in [-0.05, 0) is 65.8 Å². The highest BCUT2D eigenvalue weighted by molar-refractivity contribution is 9.16. The summed E-state index contributed by atoms with van der Waals surface area (Å²) in [6.45, 7) is 1.96. The van der Waals surface area contributed by atoms with Crippen LogP contribution in [0, 0.1) is 0 Å². The van der Waals surface area contributed by atoms with E-state index in [1.54, 1.807) is 4.99 Å². The van der Waals surface area contributed by atoms with Gasteiger partial charge in [-0.3, -0.25) is 0 Å². The molecule has 62 valence electrons. The first-order valence-corrected chi connectivity index (χ1v) is 6.07. The number of hydrogen-bond donors (Lipinski definition) is 0. The number of rotatable bonds is 2. The Morgan fingerprint density at radius 2 is 1.73 bits per heavy atom. The molecule has 0 atom stereocenters. The Morgan fingerprint density at radius 1 is 1.18 bits per heavy atom. The fourth-order valence-electron chi connectivity index (χ4n) is 0.369. The minimum absolute atomic E-state index is 0.986. The van der Waals surface area contributed by atoms with Crippen LogP contribution >= 0.6 is 63.7 Å². The zero-order valence-corrected chi connectivity index (χ0v) is 12.1. The summed E-state index contributed by atoms with van der Waals surface area (Å²) in [6.07, 6.45) is 3.86. The van der Waals surface area contributed by atoms with Crippen LogP contribution in [0.5, 0.6) is 0 Å². The van der Waals surface area contributed by atoms with Crippen LogP contribution in [0.25, 0.3) is 0 Å². The van der Waals surface area contributed by atoms with Gasteiger partial charge in [-0.25, -0.2) is 0 Å². The van der Waals surface area contributed by atoms with Gasteiger partial charge in [-0.2, -0.15) is 0 Å². The van der Waals surface area contributed by atoms with Crippen molar-refractivity contribution in [2.24, 2.45) is 0 Å². The third kappa shape index (κ3) is 4.65. The molecular formula is C7H6Br4. The van der Waals surface area contributed by atoms with Gasteiger partial charge in [0.15, 0.2) is 0 Å². The Morgan fingerprint density at radius 3 is 2.09 bits per heavy atom. The van der Waals surface area contributed by atoms with E-state index in [9.17, 15) is 0 Å². The predicted octanol–water partition coefficient (Wildman–Crippen LogP) is 5.20. The molecular weight excluding hydrogens is 404 g/mol. The maximum Gasteiger partial charge on any atom is 0.0456 e. The van der Waals surface area contributed by atoms with Gasteiger partial charge >= 0.3 is 0 Å². The molecule has 0 aliphatic carbocycles. The molecule has 0 nitrogen and oxygen atoms in total. The molecule has 0 spiro atoms. The van der Waals surface area contributed by atoms with Crippen LogP contribution in [0.4, 0.5) is 0 Å². The molecule has 0 aromatic heterocycles. The largest absolute Gasteiger partial charge is 0.0722 e. The van der Waals surface area contributed by atoms with Crippen molar-refractivity contribution >= 4 is 63.7 Å². The molecule has 0 aromatic carbocycles. The van der Waals surface area contributed by atoms with Gasteiger partial charge in [0.1, 0.15) is 0 Å². The summed E-state index contributed by atoms with van der Waals surface area (Å²) >= 11 is 13.4. The first-order chi connectivity index (χ1) is 5.13. The van der Waals surface area contributed by atoms with Crippen molar-refractivity contribution in [3.63, 3.8) is 0 Å². The molecule has 0 N–H and O–H groups in total. The van der Waals surface area contributed by atoms with E-state index in [1.165, 1.54) is 0 Å². The highest BCUT2D eigenvalue weighted by Gasteiger charge is 1.99. The monoisotopic (exact) mass is 406 g/mol. The lowest BCUT2D eigenvalue weighted by atomic mass is 10.4. The van der Waals surface area contributed by atoms with Gasteiger partial charge in [0, 0.05) is 13.4 Å². The Hall–Kier alpha value is 1.14. The smallest absolute Gasteiger partial charge is 0.0456 e. The molecule has 0 bridgehead atoms. The van der Waals surface area contributed by atoms with Crippen LogP contribution < -0.4 is 0 Å². The standard InChI is InChI=1S/C7H6Br4/c1-2-5(9)7(11)6(10)3-4-8/h2-4H,1H3/b4-3+,5-2-,7-6-. The second-order valence-electron chi connectivity index (χ2n) is 1.59. The van der Waals surface area contributed by atoms with E-state index in [0.29, 0.717) is 0 Å². The third-order valence-corrected chi connectivity index (χ3v) is 4.58. The SMILES string of the molecule is C/C=C(Br)/C(Br)=C(Br)\C=C\Br. The molecule has 0 aliphatic rings. The summed E-state index contributed by atoms with van der Waals surface area (Å²) in [5.41, 5.74) is 0. The first kappa shape index (κ1) is 12.1. The molecule has 0 heterocycles. The summed E-state index contributed by atoms with van der Waals surface area (Å²) in [4.78, 5) is 1.79. The van der Waals surface area contributed by atoms with Crippen molar-refractivity contribution in [1.29, 1.82) is 0 Å². The highest BCUT2D eigenvalue weighted by Crippen LogP contribution is 2.30. The van der Waals surface area contributed by atoms with Crippen molar-refractivity contribution < 1.29 is 0 Å². The zero-order valence-electron chi connectivity index (χ0n) is 5.74. The van der Waals surface area contributed by atoms with Gasteiger partial charge in [0.2, 0.25) is 0 Å². The van der Waals surface area contributed by atoms with E-state index in [2.05, 4.69) is 63.7 Å². The number of hydrogen-bond acceptors (Lipinski definition) is 0. The molecule has 0 fully saturated rings. The Balaban J connectivity index is 4.66. The lowest BCUT2D eigenvalue weighted by Crippen LogP contribution is -1.72. The molecule has 0 saturated carbocycles. The van der Waals surface area contributed by atoms with Crippen LogP contribution in [0.3, 0.4) is 0 Å². The van der Waals surface area contributed by atoms with E-state index >= 15 is 0 Å². The number of halogens is 4. The van der Waals surface area contributed by atoms with Gasteiger partial charge in [0.05, 0.1) is 0 Å². The van der Waals surface area contributed by atoms with Crippen molar-refractivity contribution in [3.05, 3.63) is 30.6 Å². The lowest BCUT2D eigenvalue weighted by Gasteiger charge is -1.97. The van der Waals surface area contributed by atoms with Gasteiger partial charge in [0.25, 0.3) is 0 Å². The van der Waals surface area contributed by atoms with Gasteiger partial charge in [-0.15, -0.1) is 0 Å². The second-order valence-corrected chi connectivity index (χ2v) is 4.62. The molecule has 0 saturated heterocycles. The summed E-state index contributed by atoms with van der Waals surface area (Å²) in [5.74, 6) is 0. The highest BCUT2D eigenvalue weighted by atomic mass is 79.9. The van der Waals surface area contributed by atoms with Crippen molar-refractivity contribution in [2.75, 3.05) is 0 Å². The summed E-state index contributed by atoms with van der Waals surface area (Å²) in [5, 5.41) is 0. The second kappa shape index (κ2) is 6.63. The molecule has 0 unspecified atom stereocenters. The average Bonchev–Trinajstić information content (AvgIpc) is 2.02. The quantitative estimate of drug-likeness (QED) is 0.550. The predicted molar refractivity (Wildman–Crippen MR) is 65.6 cm³/mol. The molecule has 0 radical (unpaired) electrons. The van der Waals surface area contributed by atoms with Crippen molar-refractivity contribution in [2.45, 2.75) is 6.92 Å². The van der Waals surface area contributed by atoms with Crippen LogP contribution in [0.2, 0.25) is 0 Å². The van der Waals surface area contributed by atoms with Crippen LogP contribution in [-0.2, 0) is 0 Å². The molecule has 0 amide bonds. The minimum atomic E-state index is 0.986. The summed E-state index contributed by atoms with van der Waals surface area (Å²) in [7, 11) is 0. The van der Waals surface area contributed by atoms with E-state index in [0.717, 1.165) is 13.4 Å². The Labute approximate surface area is 100 Å². The van der Waals surface area contributed by atoms with Crippen LogP contribution in [-0.4, -0.2) is 0 Å². The summed E-state index contributed by atoms with van der Waals surface area (Å²) < 4.78 is 3.00. The van der Waals surface area contributed by atoms with Crippen LogP contribution in [0.1, 0.15) is 6.92 Å². The maximum absolute atomic E-state index is 3.42. The van der Waals surface area contributed by atoms with Gasteiger partial charge in [-0.1, -0.05) is 22.0 Å². The topological polar surface area (TPSA) is 0 Å². The van der Waals surface area contributed by atoms with E-state index in [4.69, 9.17) is 0 Å². The first-order valence-electron chi connectivity index (χ1n) is 2.77. The Kier molecular flexibility index (Phi) is 7.32. The van der Waals surface area contributed by atoms with E-state index < -0.39 is 0 Å². The van der Waals surface area contributed by atoms with Crippen molar-refractivity contribution in [1.82, 2.24) is 0 Å². The van der Waals surface area contributed by atoms with Gasteiger partial charge < -0.3 is 0 Å². The fraction of sp³-hybridized carbons (Fsp3) is 0.143. The molecule has 11 heavy (non-hydrogen) atoms. The van der Waals surface area contributed by atoms with E-state index in [1.807, 2.05) is 19.1 Å². The molecule has 0 aliphatic heterocycles.